The molecule has 110 valence electrons. The lowest BCUT2D eigenvalue weighted by atomic mass is 10.3. The Kier molecular flexibility index (Phi) is 3.99. The van der Waals surface area contributed by atoms with Gasteiger partial charge in [0.05, 0.1) is 0 Å². The van der Waals surface area contributed by atoms with Crippen LogP contribution in [0.3, 0.4) is 0 Å². The van der Waals surface area contributed by atoms with Gasteiger partial charge in [-0.05, 0) is 38.0 Å². The molecule has 1 aliphatic heterocycles. The molecule has 1 atom stereocenters. The van der Waals surface area contributed by atoms with Crippen molar-refractivity contribution >= 4 is 21.4 Å². The first kappa shape index (κ1) is 14.8. The molecule has 1 unspecified atom stereocenters. The molecule has 20 heavy (non-hydrogen) atoms. The van der Waals surface area contributed by atoms with Crippen LogP contribution >= 0.6 is 0 Å². The number of nitrogens with two attached hydrogens (primary N) is 1. The number of hydrogen-bond acceptors (Lipinski definition) is 4. The maximum Gasteiger partial charge on any atom is 0.241 e. The van der Waals surface area contributed by atoms with Gasteiger partial charge >= 0.3 is 0 Å². The van der Waals surface area contributed by atoms with Gasteiger partial charge in [-0.2, -0.15) is 0 Å². The SMILES string of the molecule is CC(C(=O)N1CCCC1)S(=O)(=O)c1ccc(N)cc1F. The minimum atomic E-state index is -4.04. The topological polar surface area (TPSA) is 80.5 Å². The summed E-state index contributed by atoms with van der Waals surface area (Å²) in [5.41, 5.74) is 5.54. The average Bonchev–Trinajstić information content (AvgIpc) is 2.90. The Balaban J connectivity index is 2.31. The van der Waals surface area contributed by atoms with E-state index in [2.05, 4.69) is 0 Å². The van der Waals surface area contributed by atoms with Crippen LogP contribution in [0.1, 0.15) is 19.8 Å². The van der Waals surface area contributed by atoms with E-state index in [0.717, 1.165) is 25.0 Å². The molecule has 2 rings (SSSR count). The molecule has 0 aliphatic carbocycles. The number of rotatable bonds is 3. The van der Waals surface area contributed by atoms with E-state index in [9.17, 15) is 17.6 Å². The first-order valence-electron chi connectivity index (χ1n) is 6.42. The molecule has 2 N–H and O–H groups in total. The number of carbonyl (C=O) groups is 1. The van der Waals surface area contributed by atoms with Crippen LogP contribution in [0.25, 0.3) is 0 Å². The summed E-state index contributed by atoms with van der Waals surface area (Å²) in [6, 6.07) is 3.36. The largest absolute Gasteiger partial charge is 0.399 e. The van der Waals surface area contributed by atoms with Crippen molar-refractivity contribution in [1.82, 2.24) is 4.90 Å². The van der Waals surface area contributed by atoms with E-state index in [1.807, 2.05) is 0 Å². The molecule has 1 aromatic rings. The van der Waals surface area contributed by atoms with E-state index >= 15 is 0 Å². The summed E-state index contributed by atoms with van der Waals surface area (Å²) in [5.74, 6) is -1.40. The molecule has 1 amide bonds. The van der Waals surface area contributed by atoms with Gasteiger partial charge < -0.3 is 10.6 Å². The van der Waals surface area contributed by atoms with Crippen molar-refractivity contribution in [1.29, 1.82) is 0 Å². The van der Waals surface area contributed by atoms with Gasteiger partial charge in [0, 0.05) is 18.8 Å². The van der Waals surface area contributed by atoms with Crippen molar-refractivity contribution in [3.8, 4) is 0 Å². The van der Waals surface area contributed by atoms with E-state index in [1.165, 1.54) is 17.9 Å². The van der Waals surface area contributed by atoms with Crippen LogP contribution < -0.4 is 5.73 Å². The van der Waals surface area contributed by atoms with Crippen molar-refractivity contribution < 1.29 is 17.6 Å². The van der Waals surface area contributed by atoms with Gasteiger partial charge in [-0.1, -0.05) is 0 Å². The third-order valence-electron chi connectivity index (χ3n) is 3.49. The number of anilines is 1. The highest BCUT2D eigenvalue weighted by molar-refractivity contribution is 7.92. The number of likely N-dealkylation sites (tertiary alicyclic amines) is 1. The number of hydrogen-bond donors (Lipinski definition) is 1. The van der Waals surface area contributed by atoms with Crippen LogP contribution in [-0.2, 0) is 14.6 Å². The van der Waals surface area contributed by atoms with Crippen LogP contribution in [0.5, 0.6) is 0 Å². The predicted octanol–water partition coefficient (Wildman–Crippen LogP) is 1.19. The monoisotopic (exact) mass is 300 g/mol. The molecular weight excluding hydrogens is 283 g/mol. The molecule has 0 radical (unpaired) electrons. The molecule has 0 bridgehead atoms. The number of nitrogen functional groups attached to an aromatic ring is 1. The average molecular weight is 300 g/mol. The summed E-state index contributed by atoms with van der Waals surface area (Å²) >= 11 is 0. The Morgan fingerprint density at radius 3 is 2.50 bits per heavy atom. The zero-order valence-electron chi connectivity index (χ0n) is 11.2. The van der Waals surface area contributed by atoms with Gasteiger partial charge in [0.25, 0.3) is 0 Å². The molecule has 7 heteroatoms. The fraction of sp³-hybridized carbons (Fsp3) is 0.462. The van der Waals surface area contributed by atoms with E-state index in [1.54, 1.807) is 0 Å². The molecular formula is C13H17FN2O3S. The van der Waals surface area contributed by atoms with Gasteiger partial charge in [0.2, 0.25) is 5.91 Å². The van der Waals surface area contributed by atoms with Crippen LogP contribution in [0.2, 0.25) is 0 Å². The fourth-order valence-corrected chi connectivity index (χ4v) is 3.65. The highest BCUT2D eigenvalue weighted by Gasteiger charge is 2.35. The Bertz CT molecular complexity index is 625. The zero-order valence-corrected chi connectivity index (χ0v) is 12.0. The molecule has 0 spiro atoms. The van der Waals surface area contributed by atoms with Crippen molar-refractivity contribution in [3.63, 3.8) is 0 Å². The Labute approximate surface area is 117 Å². The number of sulfone groups is 1. The highest BCUT2D eigenvalue weighted by atomic mass is 32.2. The molecule has 0 saturated carbocycles. The Morgan fingerprint density at radius 2 is 1.95 bits per heavy atom. The second-order valence-electron chi connectivity index (χ2n) is 4.91. The number of carbonyl (C=O) groups excluding carboxylic acids is 1. The number of nitrogens with zero attached hydrogens (tertiary/aromatic N) is 1. The highest BCUT2D eigenvalue weighted by Crippen LogP contribution is 2.23. The summed E-state index contributed by atoms with van der Waals surface area (Å²) in [4.78, 5) is 13.2. The van der Waals surface area contributed by atoms with E-state index in [4.69, 9.17) is 5.73 Å². The standard InChI is InChI=1S/C13H17FN2O3S/c1-9(13(17)16-6-2-3-7-16)20(18,19)12-5-4-10(15)8-11(12)14/h4-5,8-9H,2-3,6-7,15H2,1H3. The quantitative estimate of drug-likeness (QED) is 0.850. The summed E-state index contributed by atoms with van der Waals surface area (Å²) in [5, 5.41) is -1.29. The van der Waals surface area contributed by atoms with Crippen molar-refractivity contribution in [3.05, 3.63) is 24.0 Å². The van der Waals surface area contributed by atoms with E-state index in [-0.39, 0.29) is 5.69 Å². The Morgan fingerprint density at radius 1 is 1.35 bits per heavy atom. The van der Waals surface area contributed by atoms with E-state index < -0.39 is 31.7 Å². The number of halogens is 1. The summed E-state index contributed by atoms with van der Waals surface area (Å²) < 4.78 is 38.4. The van der Waals surface area contributed by atoms with Crippen molar-refractivity contribution in [2.45, 2.75) is 29.9 Å². The predicted molar refractivity (Wildman–Crippen MR) is 73.3 cm³/mol. The lowest BCUT2D eigenvalue weighted by Crippen LogP contribution is -2.40. The third kappa shape index (κ3) is 2.63. The van der Waals surface area contributed by atoms with Gasteiger partial charge in [-0.15, -0.1) is 0 Å². The van der Waals surface area contributed by atoms with Crippen molar-refractivity contribution in [2.24, 2.45) is 0 Å². The molecule has 0 aromatic heterocycles. The van der Waals surface area contributed by atoms with Crippen LogP contribution in [0.15, 0.2) is 23.1 Å². The fourth-order valence-electron chi connectivity index (χ4n) is 2.27. The molecule has 5 nitrogen and oxygen atoms in total. The van der Waals surface area contributed by atoms with Gasteiger partial charge in [0.15, 0.2) is 9.84 Å². The number of amides is 1. The summed E-state index contributed by atoms with van der Waals surface area (Å²) in [6.07, 6.45) is 1.74. The smallest absolute Gasteiger partial charge is 0.241 e. The number of benzene rings is 1. The molecule has 1 aromatic carbocycles. The zero-order chi connectivity index (χ0) is 14.9. The van der Waals surface area contributed by atoms with Gasteiger partial charge in [-0.3, -0.25) is 4.79 Å². The van der Waals surface area contributed by atoms with Crippen LogP contribution in [0.4, 0.5) is 10.1 Å². The Hall–Kier alpha value is -1.63. The van der Waals surface area contributed by atoms with Crippen LogP contribution in [0, 0.1) is 5.82 Å². The third-order valence-corrected chi connectivity index (χ3v) is 5.57. The van der Waals surface area contributed by atoms with E-state index in [0.29, 0.717) is 13.1 Å². The van der Waals surface area contributed by atoms with Gasteiger partial charge in [-0.25, -0.2) is 12.8 Å². The van der Waals surface area contributed by atoms with Crippen LogP contribution in [-0.4, -0.2) is 37.6 Å². The maximum atomic E-state index is 13.8. The second-order valence-corrected chi connectivity index (χ2v) is 7.15. The minimum Gasteiger partial charge on any atom is -0.399 e. The molecule has 1 fully saturated rings. The first-order chi connectivity index (χ1) is 9.34. The molecule has 1 saturated heterocycles. The first-order valence-corrected chi connectivity index (χ1v) is 7.96. The minimum absolute atomic E-state index is 0.139. The lowest BCUT2D eigenvalue weighted by Gasteiger charge is -2.20. The van der Waals surface area contributed by atoms with Crippen molar-refractivity contribution in [2.75, 3.05) is 18.8 Å². The van der Waals surface area contributed by atoms with Gasteiger partial charge in [0.1, 0.15) is 16.0 Å². The summed E-state index contributed by atoms with van der Waals surface area (Å²) in [6.45, 7) is 2.41. The molecule has 1 heterocycles. The summed E-state index contributed by atoms with van der Waals surface area (Å²) in [7, 11) is -4.04. The molecule has 1 aliphatic rings. The second kappa shape index (κ2) is 5.40. The maximum absolute atomic E-state index is 13.8. The normalized spacial score (nSPS) is 17.2. The lowest BCUT2D eigenvalue weighted by molar-refractivity contribution is -0.129.